The van der Waals surface area contributed by atoms with Gasteiger partial charge in [-0.1, -0.05) is 20.8 Å². The summed E-state index contributed by atoms with van der Waals surface area (Å²) in [4.78, 5) is 12.5. The molecule has 0 bridgehead atoms. The highest BCUT2D eigenvalue weighted by Crippen LogP contribution is 2.24. The van der Waals surface area contributed by atoms with Crippen LogP contribution in [0.5, 0.6) is 0 Å². The lowest BCUT2D eigenvalue weighted by Crippen LogP contribution is -2.37. The lowest BCUT2D eigenvalue weighted by atomic mass is 9.89. The van der Waals surface area contributed by atoms with Crippen LogP contribution in [0.2, 0.25) is 0 Å². The highest BCUT2D eigenvalue weighted by molar-refractivity contribution is 5.79. The number of carbonyl (C=O) groups is 1. The van der Waals surface area contributed by atoms with E-state index in [0.29, 0.717) is 6.54 Å². The molecule has 1 aromatic heterocycles. The van der Waals surface area contributed by atoms with Crippen molar-refractivity contribution in [2.45, 2.75) is 51.4 Å². The van der Waals surface area contributed by atoms with E-state index in [0.717, 1.165) is 16.2 Å². The smallest absolute Gasteiger partial charge is 0.332 e. The number of aromatic nitrogens is 2. The van der Waals surface area contributed by atoms with Crippen LogP contribution in [0.15, 0.2) is 6.20 Å². The van der Waals surface area contributed by atoms with E-state index < -0.39 is 18.6 Å². The Labute approximate surface area is 127 Å². The summed E-state index contributed by atoms with van der Waals surface area (Å²) in [7, 11) is 0. The number of nitrogens with one attached hydrogen (secondary N) is 2. The van der Waals surface area contributed by atoms with Crippen LogP contribution < -0.4 is 5.32 Å². The van der Waals surface area contributed by atoms with Crippen molar-refractivity contribution in [3.05, 3.63) is 17.5 Å². The lowest BCUT2D eigenvalue weighted by molar-refractivity contribution is -0.157. The van der Waals surface area contributed by atoms with E-state index in [-0.39, 0.29) is 24.4 Å². The van der Waals surface area contributed by atoms with Crippen molar-refractivity contribution in [3.8, 4) is 0 Å². The minimum atomic E-state index is -4.35. The Morgan fingerprint density at radius 1 is 1.41 bits per heavy atom. The second-order valence-corrected chi connectivity index (χ2v) is 6.69. The first-order chi connectivity index (χ1) is 10.1. The van der Waals surface area contributed by atoms with Gasteiger partial charge >= 0.3 is 6.18 Å². The average molecular weight is 318 g/mol. The van der Waals surface area contributed by atoms with Crippen molar-refractivity contribution >= 4 is 5.91 Å². The molecule has 2 heterocycles. The minimum absolute atomic E-state index is 0.0844. The van der Waals surface area contributed by atoms with Crippen LogP contribution in [0, 0.1) is 0 Å². The SMILES string of the molecule is CC(C)(C)c1[nH]ncc1CN[C@H]1CC(=O)N(CC(F)(F)F)C1. The maximum absolute atomic E-state index is 12.4. The number of alkyl halides is 3. The molecule has 0 radical (unpaired) electrons. The lowest BCUT2D eigenvalue weighted by Gasteiger charge is -2.20. The Morgan fingerprint density at radius 3 is 2.68 bits per heavy atom. The number of halogens is 3. The largest absolute Gasteiger partial charge is 0.406 e. The molecule has 5 nitrogen and oxygen atoms in total. The van der Waals surface area contributed by atoms with Crippen molar-refractivity contribution in [2.75, 3.05) is 13.1 Å². The Bertz CT molecular complexity index is 533. The minimum Gasteiger partial charge on any atom is -0.332 e. The van der Waals surface area contributed by atoms with E-state index in [2.05, 4.69) is 15.5 Å². The summed E-state index contributed by atoms with van der Waals surface area (Å²) < 4.78 is 37.1. The van der Waals surface area contributed by atoms with Crippen LogP contribution in [0.25, 0.3) is 0 Å². The third-order valence-electron chi connectivity index (χ3n) is 3.63. The molecular formula is C14H21F3N4O. The molecule has 8 heteroatoms. The Morgan fingerprint density at radius 2 is 2.09 bits per heavy atom. The molecule has 2 rings (SSSR count). The normalized spacial score (nSPS) is 20.0. The van der Waals surface area contributed by atoms with Gasteiger partial charge in [0.2, 0.25) is 5.91 Å². The van der Waals surface area contributed by atoms with Crippen molar-refractivity contribution in [1.29, 1.82) is 0 Å². The van der Waals surface area contributed by atoms with Crippen LogP contribution >= 0.6 is 0 Å². The summed E-state index contributed by atoms with van der Waals surface area (Å²) in [6, 6.07) is -0.266. The Hall–Kier alpha value is -1.57. The van der Waals surface area contributed by atoms with Crippen molar-refractivity contribution in [3.63, 3.8) is 0 Å². The maximum Gasteiger partial charge on any atom is 0.406 e. The van der Waals surface area contributed by atoms with Gasteiger partial charge in [-0.2, -0.15) is 18.3 Å². The average Bonchev–Trinajstić information content (AvgIpc) is 2.92. The first kappa shape index (κ1) is 16.8. The van der Waals surface area contributed by atoms with Crippen molar-refractivity contribution in [1.82, 2.24) is 20.4 Å². The topological polar surface area (TPSA) is 61.0 Å². The highest BCUT2D eigenvalue weighted by Gasteiger charge is 2.38. The number of hydrogen-bond donors (Lipinski definition) is 2. The monoisotopic (exact) mass is 318 g/mol. The molecule has 1 saturated heterocycles. The van der Waals surface area contributed by atoms with Crippen LogP contribution in [-0.4, -0.2) is 46.3 Å². The number of H-pyrrole nitrogens is 1. The molecule has 0 spiro atoms. The van der Waals surface area contributed by atoms with Crippen LogP contribution in [0.1, 0.15) is 38.4 Å². The molecule has 1 amide bonds. The standard InChI is InChI=1S/C14H21F3N4O/c1-13(2,3)12-9(6-19-20-12)5-18-10-4-11(22)21(7-10)8-14(15,16)17/h6,10,18H,4-5,7-8H2,1-3H3,(H,19,20)/t10-/m0/s1. The van der Waals surface area contributed by atoms with Gasteiger partial charge < -0.3 is 10.2 Å². The van der Waals surface area contributed by atoms with Gasteiger partial charge in [-0.25, -0.2) is 0 Å². The number of aromatic amines is 1. The van der Waals surface area contributed by atoms with Gasteiger partial charge in [-0.05, 0) is 0 Å². The van der Waals surface area contributed by atoms with E-state index in [1.165, 1.54) is 0 Å². The van der Waals surface area contributed by atoms with E-state index in [1.807, 2.05) is 20.8 Å². The number of hydrogen-bond acceptors (Lipinski definition) is 3. The maximum atomic E-state index is 12.4. The molecule has 1 aromatic rings. The van der Waals surface area contributed by atoms with Gasteiger partial charge in [-0.3, -0.25) is 9.89 Å². The van der Waals surface area contributed by atoms with Gasteiger partial charge in [0.1, 0.15) is 6.54 Å². The summed E-state index contributed by atoms with van der Waals surface area (Å²) in [5.41, 5.74) is 1.85. The molecule has 1 aliphatic rings. The summed E-state index contributed by atoms with van der Waals surface area (Å²) in [6.45, 7) is 5.53. The molecule has 0 saturated carbocycles. The molecule has 1 atom stereocenters. The van der Waals surface area contributed by atoms with Crippen LogP contribution in [0.3, 0.4) is 0 Å². The zero-order valence-electron chi connectivity index (χ0n) is 12.9. The molecule has 1 fully saturated rings. The Balaban J connectivity index is 1.91. The molecule has 1 aliphatic heterocycles. The molecule has 0 unspecified atom stereocenters. The predicted octanol–water partition coefficient (Wildman–Crippen LogP) is 1.96. The molecule has 0 aromatic carbocycles. The molecule has 124 valence electrons. The van der Waals surface area contributed by atoms with Crippen molar-refractivity contribution < 1.29 is 18.0 Å². The zero-order valence-corrected chi connectivity index (χ0v) is 12.9. The van der Waals surface area contributed by atoms with E-state index in [1.54, 1.807) is 6.20 Å². The fourth-order valence-electron chi connectivity index (χ4n) is 2.63. The van der Waals surface area contributed by atoms with E-state index in [4.69, 9.17) is 0 Å². The molecule has 22 heavy (non-hydrogen) atoms. The number of carbonyl (C=O) groups excluding carboxylic acids is 1. The van der Waals surface area contributed by atoms with Gasteiger partial charge in [0.05, 0.1) is 6.20 Å². The van der Waals surface area contributed by atoms with Gasteiger partial charge in [0.15, 0.2) is 0 Å². The first-order valence-electron chi connectivity index (χ1n) is 7.17. The third-order valence-corrected chi connectivity index (χ3v) is 3.63. The number of nitrogens with zero attached hydrogens (tertiary/aromatic N) is 2. The molecule has 2 N–H and O–H groups in total. The first-order valence-corrected chi connectivity index (χ1v) is 7.17. The van der Waals surface area contributed by atoms with E-state index in [9.17, 15) is 18.0 Å². The summed E-state index contributed by atoms with van der Waals surface area (Å²) in [6.07, 6.45) is -2.55. The van der Waals surface area contributed by atoms with Crippen LogP contribution in [-0.2, 0) is 16.8 Å². The predicted molar refractivity (Wildman–Crippen MR) is 75.2 cm³/mol. The number of amides is 1. The molecule has 0 aliphatic carbocycles. The number of likely N-dealkylation sites (tertiary alicyclic amines) is 1. The van der Waals surface area contributed by atoms with Crippen LogP contribution in [0.4, 0.5) is 13.2 Å². The van der Waals surface area contributed by atoms with Gasteiger partial charge in [-0.15, -0.1) is 0 Å². The quantitative estimate of drug-likeness (QED) is 0.892. The Kier molecular flexibility index (Phi) is 4.51. The van der Waals surface area contributed by atoms with E-state index >= 15 is 0 Å². The number of rotatable bonds is 4. The fraction of sp³-hybridized carbons (Fsp3) is 0.714. The zero-order chi connectivity index (χ0) is 16.5. The fourth-order valence-corrected chi connectivity index (χ4v) is 2.63. The summed E-state index contributed by atoms with van der Waals surface area (Å²) >= 11 is 0. The highest BCUT2D eigenvalue weighted by atomic mass is 19.4. The summed E-state index contributed by atoms with van der Waals surface area (Å²) in [5, 5.41) is 10.1. The van der Waals surface area contributed by atoms with Crippen molar-refractivity contribution in [2.24, 2.45) is 0 Å². The molecular weight excluding hydrogens is 297 g/mol. The van der Waals surface area contributed by atoms with Gasteiger partial charge in [0, 0.05) is 42.2 Å². The summed E-state index contributed by atoms with van der Waals surface area (Å²) in [5.74, 6) is -0.460. The second-order valence-electron chi connectivity index (χ2n) is 6.69. The second kappa shape index (κ2) is 5.91. The van der Waals surface area contributed by atoms with Gasteiger partial charge in [0.25, 0.3) is 0 Å². The third kappa shape index (κ3) is 4.22.